The summed E-state index contributed by atoms with van der Waals surface area (Å²) in [5.41, 5.74) is 3.10. The fourth-order valence-electron chi connectivity index (χ4n) is 3.83. The zero-order chi connectivity index (χ0) is 22.5. The number of amides is 1. The van der Waals surface area contributed by atoms with Crippen molar-refractivity contribution >= 4 is 5.91 Å². The molecule has 1 aliphatic rings. The van der Waals surface area contributed by atoms with E-state index in [0.29, 0.717) is 30.4 Å². The summed E-state index contributed by atoms with van der Waals surface area (Å²) in [6, 6.07) is 15.5. The van der Waals surface area contributed by atoms with Gasteiger partial charge in [0.1, 0.15) is 5.75 Å². The van der Waals surface area contributed by atoms with E-state index in [0.717, 1.165) is 17.5 Å². The van der Waals surface area contributed by atoms with Gasteiger partial charge in [-0.25, -0.2) is 0 Å². The molecular weight excluding hydrogens is 406 g/mol. The number of hydrogen-bond acceptors (Lipinski definition) is 7. The van der Waals surface area contributed by atoms with Gasteiger partial charge >= 0.3 is 0 Å². The maximum absolute atomic E-state index is 12.2. The van der Waals surface area contributed by atoms with E-state index in [-0.39, 0.29) is 24.6 Å². The van der Waals surface area contributed by atoms with Gasteiger partial charge in [-0.15, -0.1) is 0 Å². The highest BCUT2D eigenvalue weighted by Crippen LogP contribution is 2.22. The number of nitriles is 1. The first-order valence-electron chi connectivity index (χ1n) is 10.6. The van der Waals surface area contributed by atoms with Gasteiger partial charge in [-0.1, -0.05) is 35.0 Å². The highest BCUT2D eigenvalue weighted by molar-refractivity contribution is 5.78. The van der Waals surface area contributed by atoms with Gasteiger partial charge in [-0.3, -0.25) is 4.79 Å². The molecule has 1 aliphatic heterocycles. The number of likely N-dealkylation sites (tertiary alicyclic amines) is 1. The summed E-state index contributed by atoms with van der Waals surface area (Å²) in [7, 11) is 0. The summed E-state index contributed by atoms with van der Waals surface area (Å²) >= 11 is 0. The van der Waals surface area contributed by atoms with E-state index >= 15 is 0 Å². The minimum Gasteiger partial charge on any atom is -0.484 e. The molecule has 0 saturated carbocycles. The zero-order valence-electron chi connectivity index (χ0n) is 18.1. The molecule has 4 rings (SSSR count). The Morgan fingerprint density at radius 1 is 1.31 bits per heavy atom. The average molecular weight is 431 g/mol. The van der Waals surface area contributed by atoms with Crippen LogP contribution in [0.25, 0.3) is 11.5 Å². The molecule has 1 fully saturated rings. The lowest BCUT2D eigenvalue weighted by Gasteiger charge is -2.13. The van der Waals surface area contributed by atoms with E-state index in [1.165, 1.54) is 5.56 Å². The zero-order valence-corrected chi connectivity index (χ0v) is 18.1. The Bertz CT molecular complexity index is 1120. The molecule has 1 amide bonds. The van der Waals surface area contributed by atoms with Gasteiger partial charge in [0.15, 0.2) is 18.6 Å². The van der Waals surface area contributed by atoms with E-state index < -0.39 is 0 Å². The van der Waals surface area contributed by atoms with Gasteiger partial charge in [0, 0.05) is 30.6 Å². The lowest BCUT2D eigenvalue weighted by molar-refractivity contribution is -0.123. The van der Waals surface area contributed by atoms with Crippen LogP contribution < -0.4 is 10.1 Å². The van der Waals surface area contributed by atoms with Crippen molar-refractivity contribution in [1.29, 1.82) is 5.26 Å². The molecule has 0 aliphatic carbocycles. The minimum absolute atomic E-state index is 0.0327. The Labute approximate surface area is 186 Å². The van der Waals surface area contributed by atoms with E-state index in [2.05, 4.69) is 40.7 Å². The highest BCUT2D eigenvalue weighted by atomic mass is 16.5. The molecule has 8 heteroatoms. The molecule has 0 radical (unpaired) electrons. The Balaban J connectivity index is 1.28. The Kier molecular flexibility index (Phi) is 6.36. The van der Waals surface area contributed by atoms with Crippen molar-refractivity contribution in [2.75, 3.05) is 13.2 Å². The van der Waals surface area contributed by atoms with E-state index in [4.69, 9.17) is 14.5 Å². The molecule has 1 N–H and O–H groups in total. The largest absolute Gasteiger partial charge is 0.484 e. The highest BCUT2D eigenvalue weighted by Gasteiger charge is 2.29. The average Bonchev–Trinajstić information content (AvgIpc) is 3.38. The Morgan fingerprint density at radius 2 is 2.12 bits per heavy atom. The molecule has 2 aromatic carbocycles. The van der Waals surface area contributed by atoms with Crippen LogP contribution in [-0.4, -0.2) is 46.2 Å². The van der Waals surface area contributed by atoms with Crippen molar-refractivity contribution in [1.82, 2.24) is 20.4 Å². The predicted molar refractivity (Wildman–Crippen MR) is 118 cm³/mol. The smallest absolute Gasteiger partial charge is 0.258 e. The lowest BCUT2D eigenvalue weighted by Crippen LogP contribution is -2.39. The predicted octanol–water partition coefficient (Wildman–Crippen LogP) is 3.07. The molecule has 1 saturated heterocycles. The summed E-state index contributed by atoms with van der Waals surface area (Å²) in [6.45, 7) is 4.48. The quantitative estimate of drug-likeness (QED) is 0.573. The summed E-state index contributed by atoms with van der Waals surface area (Å²) in [5.74, 6) is 1.43. The van der Waals surface area contributed by atoms with E-state index in [1.807, 2.05) is 31.2 Å². The topological polar surface area (TPSA) is 104 Å². The van der Waals surface area contributed by atoms with Gasteiger partial charge in [0.2, 0.25) is 0 Å². The molecule has 0 spiro atoms. The number of rotatable bonds is 7. The molecule has 0 bridgehead atoms. The number of nitrogens with one attached hydrogen (secondary N) is 1. The number of carbonyl (C=O) groups excluding carboxylic acids is 1. The van der Waals surface area contributed by atoms with Crippen molar-refractivity contribution in [2.24, 2.45) is 0 Å². The van der Waals surface area contributed by atoms with Crippen LogP contribution in [0.4, 0.5) is 0 Å². The number of ether oxygens (including phenoxy) is 1. The van der Waals surface area contributed by atoms with Crippen molar-refractivity contribution < 1.29 is 14.1 Å². The standard InChI is InChI=1S/C24H25N5O3/c1-16-4-3-5-18(10-16)12-22-27-24(32-28-22)19-6-8-21(9-7-19)31-14-23(30)26-20-11-17(2)29(13-20)15-25/h3-10,17,20H,11-14H2,1-2H3,(H,26,30)/t17-,20-/m1/s1. The Morgan fingerprint density at radius 3 is 2.84 bits per heavy atom. The van der Waals surface area contributed by atoms with Gasteiger partial charge in [-0.2, -0.15) is 10.2 Å². The monoisotopic (exact) mass is 431 g/mol. The summed E-state index contributed by atoms with van der Waals surface area (Å²) in [6.07, 6.45) is 3.50. The van der Waals surface area contributed by atoms with Crippen LogP contribution >= 0.6 is 0 Å². The van der Waals surface area contributed by atoms with Crippen LogP contribution in [-0.2, 0) is 11.2 Å². The summed E-state index contributed by atoms with van der Waals surface area (Å²) in [4.78, 5) is 18.3. The van der Waals surface area contributed by atoms with Crippen molar-refractivity contribution in [3.63, 3.8) is 0 Å². The molecule has 8 nitrogen and oxygen atoms in total. The van der Waals surface area contributed by atoms with Crippen molar-refractivity contribution in [3.8, 4) is 23.4 Å². The molecule has 1 aromatic heterocycles. The molecule has 2 heterocycles. The van der Waals surface area contributed by atoms with E-state index in [1.54, 1.807) is 17.0 Å². The molecular formula is C24H25N5O3. The second-order valence-corrected chi connectivity index (χ2v) is 8.10. The second-order valence-electron chi connectivity index (χ2n) is 8.10. The maximum Gasteiger partial charge on any atom is 0.258 e. The fourth-order valence-corrected chi connectivity index (χ4v) is 3.83. The number of carbonyl (C=O) groups is 1. The first-order chi connectivity index (χ1) is 15.5. The summed E-state index contributed by atoms with van der Waals surface area (Å²) in [5, 5.41) is 16.0. The van der Waals surface area contributed by atoms with Crippen LogP contribution in [0.15, 0.2) is 53.1 Å². The van der Waals surface area contributed by atoms with Gasteiger partial charge in [-0.05, 0) is 50.1 Å². The first-order valence-corrected chi connectivity index (χ1v) is 10.6. The number of aromatic nitrogens is 2. The minimum atomic E-state index is -0.205. The lowest BCUT2D eigenvalue weighted by atomic mass is 10.1. The van der Waals surface area contributed by atoms with E-state index in [9.17, 15) is 4.79 Å². The first kappa shape index (κ1) is 21.4. The SMILES string of the molecule is Cc1cccc(Cc2noc(-c3ccc(OCC(=O)N[C@@H]4C[C@@H](C)N(C#N)C4)cc3)n2)c1. The molecule has 3 aromatic rings. The molecule has 2 atom stereocenters. The summed E-state index contributed by atoms with van der Waals surface area (Å²) < 4.78 is 11.0. The second kappa shape index (κ2) is 9.52. The van der Waals surface area contributed by atoms with Crippen LogP contribution in [0.3, 0.4) is 0 Å². The third kappa shape index (κ3) is 5.24. The Hall–Kier alpha value is -3.86. The molecule has 32 heavy (non-hydrogen) atoms. The molecule has 164 valence electrons. The van der Waals surface area contributed by atoms with Crippen molar-refractivity contribution in [2.45, 2.75) is 38.8 Å². The number of benzene rings is 2. The van der Waals surface area contributed by atoms with Gasteiger partial charge < -0.3 is 19.5 Å². The number of hydrogen-bond donors (Lipinski definition) is 1. The molecule has 0 unspecified atom stereocenters. The number of aryl methyl sites for hydroxylation is 1. The maximum atomic E-state index is 12.2. The third-order valence-electron chi connectivity index (χ3n) is 5.45. The van der Waals surface area contributed by atoms with Crippen molar-refractivity contribution in [3.05, 3.63) is 65.5 Å². The van der Waals surface area contributed by atoms with Gasteiger partial charge in [0.05, 0.1) is 0 Å². The normalized spacial score (nSPS) is 17.7. The van der Waals surface area contributed by atoms with Crippen LogP contribution in [0.5, 0.6) is 5.75 Å². The van der Waals surface area contributed by atoms with Crippen LogP contribution in [0, 0.1) is 18.4 Å². The third-order valence-corrected chi connectivity index (χ3v) is 5.45. The number of nitrogens with zero attached hydrogens (tertiary/aromatic N) is 4. The van der Waals surface area contributed by atoms with Crippen LogP contribution in [0.1, 0.15) is 30.3 Å². The fraction of sp³-hybridized carbons (Fsp3) is 0.333. The van der Waals surface area contributed by atoms with Gasteiger partial charge in [0.25, 0.3) is 11.8 Å². The van der Waals surface area contributed by atoms with Crippen LogP contribution in [0.2, 0.25) is 0 Å².